The molecule has 1 N–H and O–H groups in total. The molecule has 2 aliphatic heterocycles. The van der Waals surface area contributed by atoms with Crippen molar-refractivity contribution in [1.82, 2.24) is 10.2 Å². The molecule has 1 saturated heterocycles. The van der Waals surface area contributed by atoms with E-state index in [-0.39, 0.29) is 24.6 Å². The molecule has 0 saturated carbocycles. The molecule has 2 heterocycles. The Bertz CT molecular complexity index is 426. The lowest BCUT2D eigenvalue weighted by molar-refractivity contribution is -0.156. The fourth-order valence-corrected chi connectivity index (χ4v) is 1.84. The minimum Gasteiger partial charge on any atom is -0.344 e. The lowest BCUT2D eigenvalue weighted by Crippen LogP contribution is -2.57. The van der Waals surface area contributed by atoms with Gasteiger partial charge < -0.3 is 10.2 Å². The number of hydrogen-bond acceptors (Lipinski definition) is 3. The zero-order chi connectivity index (χ0) is 12.8. The van der Waals surface area contributed by atoms with Gasteiger partial charge in [-0.15, -0.1) is 0 Å². The monoisotopic (exact) mass is 269 g/mol. The van der Waals surface area contributed by atoms with Crippen LogP contribution in [0.3, 0.4) is 0 Å². The summed E-state index contributed by atoms with van der Waals surface area (Å²) in [6.45, 7) is 3.42. The predicted octanol–water partition coefficient (Wildman–Crippen LogP) is 2.47. The second-order valence-electron chi connectivity index (χ2n) is 3.67. The van der Waals surface area contributed by atoms with Crippen LogP contribution in [0.2, 0.25) is 0 Å². The lowest BCUT2D eigenvalue weighted by Gasteiger charge is -2.38. The highest BCUT2D eigenvalue weighted by atomic mass is 35.5. The molecule has 0 aromatic rings. The molecule has 0 aromatic heterocycles. The molecular formula is C9H8ClF4N3. The van der Waals surface area contributed by atoms with Crippen LogP contribution in [0.25, 0.3) is 0 Å². The smallest absolute Gasteiger partial charge is 0.344 e. The summed E-state index contributed by atoms with van der Waals surface area (Å²) in [7, 11) is 0. The van der Waals surface area contributed by atoms with Crippen LogP contribution < -0.4 is 5.32 Å². The van der Waals surface area contributed by atoms with Gasteiger partial charge in [0.25, 0.3) is 0 Å². The number of allylic oxidation sites excluding steroid dienone is 1. The van der Waals surface area contributed by atoms with Crippen molar-refractivity contribution >= 4 is 17.6 Å². The first-order chi connectivity index (χ1) is 7.80. The first kappa shape index (κ1) is 12.2. The Labute approximate surface area is 99.4 Å². The number of nitrogens with one attached hydrogen (secondary N) is 1. The molecule has 1 atom stereocenters. The number of guanidine groups is 1. The van der Waals surface area contributed by atoms with E-state index >= 15 is 0 Å². The molecule has 3 nitrogen and oxygen atoms in total. The summed E-state index contributed by atoms with van der Waals surface area (Å²) in [5.74, 6) is -0.933. The van der Waals surface area contributed by atoms with Crippen molar-refractivity contribution in [3.05, 3.63) is 23.3 Å². The summed E-state index contributed by atoms with van der Waals surface area (Å²) < 4.78 is 50.8. The fourth-order valence-electron chi connectivity index (χ4n) is 1.65. The van der Waals surface area contributed by atoms with Crippen molar-refractivity contribution in [1.29, 1.82) is 0 Å². The third-order valence-electron chi connectivity index (χ3n) is 2.56. The van der Waals surface area contributed by atoms with E-state index in [4.69, 9.17) is 11.6 Å². The maximum absolute atomic E-state index is 13.3. The van der Waals surface area contributed by atoms with Gasteiger partial charge in [-0.05, 0) is 6.42 Å². The molecular weight excluding hydrogens is 262 g/mol. The largest absolute Gasteiger partial charge is 0.408 e. The van der Waals surface area contributed by atoms with Crippen LogP contribution in [-0.4, -0.2) is 29.6 Å². The quantitative estimate of drug-likeness (QED) is 0.540. The van der Waals surface area contributed by atoms with Crippen molar-refractivity contribution in [3.8, 4) is 0 Å². The molecule has 94 valence electrons. The molecule has 8 heteroatoms. The van der Waals surface area contributed by atoms with Crippen LogP contribution in [0.4, 0.5) is 17.6 Å². The molecule has 0 bridgehead atoms. The van der Waals surface area contributed by atoms with E-state index < -0.39 is 23.2 Å². The van der Waals surface area contributed by atoms with Gasteiger partial charge >= 0.3 is 6.18 Å². The van der Waals surface area contributed by atoms with Crippen molar-refractivity contribution in [2.24, 2.45) is 4.99 Å². The average molecular weight is 270 g/mol. The summed E-state index contributed by atoms with van der Waals surface area (Å²) in [6, 6.07) is -1.70. The van der Waals surface area contributed by atoms with Crippen LogP contribution in [0.1, 0.15) is 6.42 Å². The maximum atomic E-state index is 13.3. The molecule has 17 heavy (non-hydrogen) atoms. The van der Waals surface area contributed by atoms with Gasteiger partial charge in [0.05, 0.1) is 5.70 Å². The maximum Gasteiger partial charge on any atom is 0.408 e. The number of fused-ring (bicyclic) bond motifs is 1. The van der Waals surface area contributed by atoms with E-state index in [2.05, 4.69) is 16.9 Å². The highest BCUT2D eigenvalue weighted by molar-refractivity contribution is 6.30. The van der Waals surface area contributed by atoms with E-state index in [9.17, 15) is 17.6 Å². The number of nitrogens with zero attached hydrogens (tertiary/aromatic N) is 2. The van der Waals surface area contributed by atoms with Crippen molar-refractivity contribution in [2.75, 3.05) is 6.54 Å². The number of rotatable bonds is 0. The number of halogens is 5. The second kappa shape index (κ2) is 3.90. The first-order valence-electron chi connectivity index (χ1n) is 4.74. The van der Waals surface area contributed by atoms with E-state index in [0.29, 0.717) is 0 Å². The van der Waals surface area contributed by atoms with Crippen LogP contribution in [0.5, 0.6) is 0 Å². The van der Waals surface area contributed by atoms with Crippen LogP contribution in [-0.2, 0) is 0 Å². The molecule has 2 aliphatic rings. The standard InChI is InChI=1S/C9H8ClF4N3/c1-4-6(11)7(10)16-8-15-5(9(12,13)14)2-3-17(4)8/h5H,1-3H2,(H,15,16). The predicted molar refractivity (Wildman–Crippen MR) is 54.9 cm³/mol. The Balaban J connectivity index is 2.27. The van der Waals surface area contributed by atoms with Gasteiger partial charge in [-0.25, -0.2) is 4.39 Å². The Morgan fingerprint density at radius 3 is 2.71 bits per heavy atom. The summed E-state index contributed by atoms with van der Waals surface area (Å²) in [6.07, 6.45) is -4.57. The van der Waals surface area contributed by atoms with Gasteiger partial charge in [-0.2, -0.15) is 18.2 Å². The van der Waals surface area contributed by atoms with Gasteiger partial charge in [-0.3, -0.25) is 0 Å². The van der Waals surface area contributed by atoms with Gasteiger partial charge in [0.1, 0.15) is 6.04 Å². The highest BCUT2D eigenvalue weighted by Gasteiger charge is 2.44. The van der Waals surface area contributed by atoms with Crippen LogP contribution in [0, 0.1) is 0 Å². The number of hydrogen-bond donors (Lipinski definition) is 1. The average Bonchev–Trinajstić information content (AvgIpc) is 2.24. The second-order valence-corrected chi connectivity index (χ2v) is 4.02. The van der Waals surface area contributed by atoms with E-state index in [1.165, 1.54) is 4.90 Å². The highest BCUT2D eigenvalue weighted by Crippen LogP contribution is 2.32. The van der Waals surface area contributed by atoms with E-state index in [1.807, 2.05) is 0 Å². The van der Waals surface area contributed by atoms with Gasteiger partial charge in [0.15, 0.2) is 11.0 Å². The first-order valence-corrected chi connectivity index (χ1v) is 5.12. The van der Waals surface area contributed by atoms with E-state index in [0.717, 1.165) is 0 Å². The third-order valence-corrected chi connectivity index (χ3v) is 2.81. The normalized spacial score (nSPS) is 25.5. The van der Waals surface area contributed by atoms with Crippen LogP contribution in [0.15, 0.2) is 28.3 Å². The van der Waals surface area contributed by atoms with E-state index in [1.54, 1.807) is 0 Å². The van der Waals surface area contributed by atoms with Gasteiger partial charge in [0.2, 0.25) is 5.96 Å². The van der Waals surface area contributed by atoms with Crippen LogP contribution >= 0.6 is 11.6 Å². The number of alkyl halides is 3. The fraction of sp³-hybridized carbons (Fsp3) is 0.444. The summed E-state index contributed by atoms with van der Waals surface area (Å²) in [5, 5.41) is 1.69. The van der Waals surface area contributed by atoms with Crippen molar-refractivity contribution in [3.63, 3.8) is 0 Å². The van der Waals surface area contributed by atoms with Gasteiger partial charge in [0, 0.05) is 6.54 Å². The van der Waals surface area contributed by atoms with Crippen molar-refractivity contribution in [2.45, 2.75) is 18.6 Å². The molecule has 0 spiro atoms. The zero-order valence-corrected chi connectivity index (χ0v) is 9.24. The minimum atomic E-state index is -4.37. The minimum absolute atomic E-state index is 0.00751. The molecule has 0 aromatic carbocycles. The molecule has 0 aliphatic carbocycles. The topological polar surface area (TPSA) is 27.6 Å². The SMILES string of the molecule is C=C1C(F)=C(Cl)N=C2NC(C(F)(F)F)CCN12. The third kappa shape index (κ3) is 2.11. The Hall–Kier alpha value is -1.24. The molecule has 0 amide bonds. The Morgan fingerprint density at radius 1 is 1.47 bits per heavy atom. The summed E-state index contributed by atoms with van der Waals surface area (Å²) in [4.78, 5) is 4.78. The summed E-state index contributed by atoms with van der Waals surface area (Å²) in [5.41, 5.74) is -0.0758. The Morgan fingerprint density at radius 2 is 2.12 bits per heavy atom. The Kier molecular flexibility index (Phi) is 2.81. The molecule has 0 radical (unpaired) electrons. The molecule has 1 unspecified atom stereocenters. The number of aliphatic imine (C=N–C) groups is 1. The van der Waals surface area contributed by atoms with Gasteiger partial charge in [-0.1, -0.05) is 18.2 Å². The molecule has 2 rings (SSSR count). The lowest BCUT2D eigenvalue weighted by atomic mass is 10.1. The molecule has 1 fully saturated rings. The summed E-state index contributed by atoms with van der Waals surface area (Å²) >= 11 is 5.45. The zero-order valence-electron chi connectivity index (χ0n) is 8.48. The van der Waals surface area contributed by atoms with Crippen molar-refractivity contribution < 1.29 is 17.6 Å².